The second kappa shape index (κ2) is 7.03. The minimum absolute atomic E-state index is 0.00603. The predicted molar refractivity (Wildman–Crippen MR) is 105 cm³/mol. The molecule has 1 aromatic carbocycles. The Labute approximate surface area is 164 Å². The van der Waals surface area contributed by atoms with Crippen LogP contribution in [0, 0.1) is 0 Å². The van der Waals surface area contributed by atoms with Gasteiger partial charge in [0, 0.05) is 29.7 Å². The number of halogens is 3. The maximum absolute atomic E-state index is 12.9. The summed E-state index contributed by atoms with van der Waals surface area (Å²) in [6, 6.07) is 9.00. The molecule has 3 rings (SSSR count). The highest BCUT2D eigenvalue weighted by Crippen LogP contribution is 2.34. The number of hydrogen-bond donors (Lipinski definition) is 1. The highest BCUT2D eigenvalue weighted by atomic mass is 19.4. The summed E-state index contributed by atoms with van der Waals surface area (Å²) in [6.45, 7) is 8.77. The van der Waals surface area contributed by atoms with Gasteiger partial charge in [-0.2, -0.15) is 13.2 Å². The molecule has 0 spiro atoms. The fourth-order valence-corrected chi connectivity index (χ4v) is 4.25. The average Bonchev–Trinajstić information content (AvgIpc) is 2.58. The molecule has 1 N–H and O–H groups in total. The first-order valence-electron chi connectivity index (χ1n) is 9.40. The number of rotatable bonds is 3. The Morgan fingerprint density at radius 1 is 1.00 bits per heavy atom. The lowest BCUT2D eigenvalue weighted by Gasteiger charge is -2.49. The largest absolute Gasteiger partial charge is 0.416 e. The zero-order valence-electron chi connectivity index (χ0n) is 16.9. The minimum Gasteiger partial charge on any atom is -0.355 e. The van der Waals surface area contributed by atoms with Crippen molar-refractivity contribution in [2.45, 2.75) is 63.8 Å². The maximum atomic E-state index is 12.9. The van der Waals surface area contributed by atoms with Crippen molar-refractivity contribution in [1.29, 1.82) is 0 Å². The smallest absolute Gasteiger partial charge is 0.355 e. The second-order valence-electron chi connectivity index (χ2n) is 8.92. The molecule has 7 heteroatoms. The van der Waals surface area contributed by atoms with Gasteiger partial charge in [0.25, 0.3) is 0 Å². The van der Waals surface area contributed by atoms with Gasteiger partial charge in [-0.25, -0.2) is 0 Å². The molecule has 0 bridgehead atoms. The molecule has 1 aliphatic heterocycles. The first kappa shape index (κ1) is 20.6. The van der Waals surface area contributed by atoms with Crippen LogP contribution in [0.3, 0.4) is 0 Å². The number of piperidine rings is 1. The Kier molecular flexibility index (Phi) is 5.17. The molecule has 1 fully saturated rings. The minimum atomic E-state index is -4.38. The van der Waals surface area contributed by atoms with Gasteiger partial charge in [0.1, 0.15) is 0 Å². The van der Waals surface area contributed by atoms with Gasteiger partial charge in [0.2, 0.25) is 0 Å². The molecule has 0 unspecified atom stereocenters. The van der Waals surface area contributed by atoms with Gasteiger partial charge in [-0.1, -0.05) is 12.1 Å². The van der Waals surface area contributed by atoms with Crippen molar-refractivity contribution in [2.75, 3.05) is 11.9 Å². The van der Waals surface area contributed by atoms with Crippen molar-refractivity contribution in [1.82, 2.24) is 15.5 Å². The maximum Gasteiger partial charge on any atom is 0.416 e. The van der Waals surface area contributed by atoms with E-state index in [2.05, 4.69) is 48.1 Å². The van der Waals surface area contributed by atoms with Crippen LogP contribution in [0.5, 0.6) is 0 Å². The summed E-state index contributed by atoms with van der Waals surface area (Å²) in [5.41, 5.74) is 0.153. The van der Waals surface area contributed by atoms with Gasteiger partial charge >= 0.3 is 6.18 Å². The Balaban J connectivity index is 1.81. The molecule has 0 aliphatic carbocycles. The van der Waals surface area contributed by atoms with Gasteiger partial charge in [-0.15, -0.1) is 10.2 Å². The molecule has 28 heavy (non-hydrogen) atoms. The third-order valence-electron chi connectivity index (χ3n) is 5.21. The molecule has 1 aliphatic rings. The van der Waals surface area contributed by atoms with Crippen molar-refractivity contribution in [2.24, 2.45) is 0 Å². The lowest BCUT2D eigenvalue weighted by Crippen LogP contribution is -2.62. The predicted octanol–water partition coefficient (Wildman–Crippen LogP) is 4.91. The van der Waals surface area contributed by atoms with E-state index in [0.717, 1.165) is 25.0 Å². The van der Waals surface area contributed by atoms with Crippen LogP contribution < -0.4 is 10.2 Å². The molecule has 0 amide bonds. The summed E-state index contributed by atoms with van der Waals surface area (Å²) >= 11 is 0. The van der Waals surface area contributed by atoms with Gasteiger partial charge in [0.05, 0.1) is 11.3 Å². The first-order chi connectivity index (χ1) is 12.9. The zero-order valence-corrected chi connectivity index (χ0v) is 16.9. The Bertz CT molecular complexity index is 812. The number of nitrogens with zero attached hydrogens (tertiary/aromatic N) is 3. The number of benzene rings is 1. The lowest BCUT2D eigenvalue weighted by atomic mass is 9.79. The Morgan fingerprint density at radius 2 is 1.64 bits per heavy atom. The molecule has 1 aromatic heterocycles. The summed E-state index contributed by atoms with van der Waals surface area (Å²) in [7, 11) is 2.00. The highest BCUT2D eigenvalue weighted by molar-refractivity contribution is 5.61. The van der Waals surface area contributed by atoms with E-state index < -0.39 is 11.7 Å². The van der Waals surface area contributed by atoms with Gasteiger partial charge < -0.3 is 10.2 Å². The lowest BCUT2D eigenvalue weighted by molar-refractivity contribution is -0.137. The standard InChI is InChI=1S/C21H27F3N4/c1-19(2)12-16(13-20(3,4)27-19)28(5)18-10-9-17(25-26-18)14-7-6-8-15(11-14)21(22,23)24/h6-11,16,27H,12-13H2,1-5H3. The fraction of sp³-hybridized carbons (Fsp3) is 0.524. The van der Waals surface area contributed by atoms with E-state index in [1.54, 1.807) is 12.1 Å². The summed E-state index contributed by atoms with van der Waals surface area (Å²) in [6.07, 6.45) is -2.45. The number of nitrogens with one attached hydrogen (secondary N) is 1. The second-order valence-corrected chi connectivity index (χ2v) is 8.92. The van der Waals surface area contributed by atoms with E-state index >= 15 is 0 Å². The molecule has 0 radical (unpaired) electrons. The number of anilines is 1. The summed E-state index contributed by atoms with van der Waals surface area (Å²) < 4.78 is 38.8. The Morgan fingerprint density at radius 3 is 2.18 bits per heavy atom. The normalized spacial score (nSPS) is 19.4. The van der Waals surface area contributed by atoms with Gasteiger partial charge in [-0.05, 0) is 64.8 Å². The first-order valence-corrected chi connectivity index (χ1v) is 9.40. The molecular formula is C21H27F3N4. The van der Waals surface area contributed by atoms with E-state index in [4.69, 9.17) is 0 Å². The SMILES string of the molecule is CN(c1ccc(-c2cccc(C(F)(F)F)c2)nn1)C1CC(C)(C)NC(C)(C)C1. The summed E-state index contributed by atoms with van der Waals surface area (Å²) in [4.78, 5) is 2.12. The van der Waals surface area contributed by atoms with Crippen molar-refractivity contribution < 1.29 is 13.2 Å². The molecular weight excluding hydrogens is 365 g/mol. The van der Waals surface area contributed by atoms with Crippen molar-refractivity contribution >= 4 is 5.82 Å². The topological polar surface area (TPSA) is 41.1 Å². The zero-order chi connectivity index (χ0) is 20.7. The van der Waals surface area contributed by atoms with Crippen molar-refractivity contribution in [3.63, 3.8) is 0 Å². The summed E-state index contributed by atoms with van der Waals surface area (Å²) in [5, 5.41) is 12.1. The number of hydrogen-bond acceptors (Lipinski definition) is 4. The molecule has 1 saturated heterocycles. The van der Waals surface area contributed by atoms with Gasteiger partial charge in [0.15, 0.2) is 5.82 Å². The van der Waals surface area contributed by atoms with E-state index in [1.165, 1.54) is 6.07 Å². The van der Waals surface area contributed by atoms with Crippen LogP contribution in [0.25, 0.3) is 11.3 Å². The number of aromatic nitrogens is 2. The summed E-state index contributed by atoms with van der Waals surface area (Å²) in [5.74, 6) is 0.717. The number of alkyl halides is 3. The average molecular weight is 392 g/mol. The van der Waals surface area contributed by atoms with Crippen molar-refractivity contribution in [3.8, 4) is 11.3 Å². The molecule has 0 atom stereocenters. The van der Waals surface area contributed by atoms with Crippen LogP contribution in [0.15, 0.2) is 36.4 Å². The van der Waals surface area contributed by atoms with Crippen molar-refractivity contribution in [3.05, 3.63) is 42.0 Å². The van der Waals surface area contributed by atoms with Crippen LogP contribution in [0.1, 0.15) is 46.1 Å². The Hall–Kier alpha value is -2.15. The van der Waals surface area contributed by atoms with Crippen LogP contribution in [0.4, 0.5) is 19.0 Å². The van der Waals surface area contributed by atoms with E-state index in [-0.39, 0.29) is 11.1 Å². The van der Waals surface area contributed by atoms with Crippen LogP contribution >= 0.6 is 0 Å². The van der Waals surface area contributed by atoms with Crippen LogP contribution in [0.2, 0.25) is 0 Å². The molecule has 2 aromatic rings. The monoisotopic (exact) mass is 392 g/mol. The molecule has 2 heterocycles. The highest BCUT2D eigenvalue weighted by Gasteiger charge is 2.39. The van der Waals surface area contributed by atoms with E-state index in [9.17, 15) is 13.2 Å². The fourth-order valence-electron chi connectivity index (χ4n) is 4.25. The van der Waals surface area contributed by atoms with E-state index in [0.29, 0.717) is 23.1 Å². The van der Waals surface area contributed by atoms with E-state index in [1.807, 2.05) is 13.1 Å². The van der Waals surface area contributed by atoms with Gasteiger partial charge in [-0.3, -0.25) is 0 Å². The van der Waals surface area contributed by atoms with Crippen LogP contribution in [-0.4, -0.2) is 34.4 Å². The quantitative estimate of drug-likeness (QED) is 0.806. The third kappa shape index (κ3) is 4.63. The molecule has 4 nitrogen and oxygen atoms in total. The molecule has 0 saturated carbocycles. The third-order valence-corrected chi connectivity index (χ3v) is 5.21. The van der Waals surface area contributed by atoms with Crippen LogP contribution in [-0.2, 0) is 6.18 Å². The molecule has 152 valence electrons.